The Morgan fingerprint density at radius 2 is 2.11 bits per heavy atom. The van der Waals surface area contributed by atoms with Gasteiger partial charge in [0.2, 0.25) is 0 Å². The topological polar surface area (TPSA) is 22.1 Å². The number of rotatable bonds is 4. The quantitative estimate of drug-likeness (QED) is 0.802. The van der Waals surface area contributed by atoms with Crippen LogP contribution < -0.4 is 4.74 Å². The second kappa shape index (κ2) is 5.57. The number of para-hydroxylation sites is 1. The van der Waals surface area contributed by atoms with E-state index in [0.717, 1.165) is 35.2 Å². The predicted octanol–water partition coefficient (Wildman–Crippen LogP) is 4.63. The monoisotopic (exact) mass is 263 g/mol. The zero-order valence-electron chi connectivity index (χ0n) is 11.0. The average molecular weight is 264 g/mol. The van der Waals surface area contributed by atoms with Crippen molar-refractivity contribution in [2.24, 2.45) is 0 Å². The van der Waals surface area contributed by atoms with Gasteiger partial charge in [0, 0.05) is 17.1 Å². The summed E-state index contributed by atoms with van der Waals surface area (Å²) in [5.41, 5.74) is 1.87. The first-order valence-electron chi connectivity index (χ1n) is 6.36. The van der Waals surface area contributed by atoms with E-state index < -0.39 is 0 Å². The molecule has 0 fully saturated rings. The van der Waals surface area contributed by atoms with E-state index >= 15 is 0 Å². The molecule has 0 N–H and O–H groups in total. The molecule has 0 aliphatic rings. The molecule has 0 atom stereocenters. The lowest BCUT2D eigenvalue weighted by Crippen LogP contribution is -2.07. The zero-order valence-corrected chi connectivity index (χ0v) is 11.8. The maximum absolute atomic E-state index is 6.22. The van der Waals surface area contributed by atoms with Gasteiger partial charge in [-0.2, -0.15) is 0 Å². The Balaban J connectivity index is 2.61. The number of aromatic nitrogens is 1. The Morgan fingerprint density at radius 1 is 1.33 bits per heavy atom. The summed E-state index contributed by atoms with van der Waals surface area (Å²) >= 11 is 6.22. The highest BCUT2D eigenvalue weighted by atomic mass is 35.5. The Hall–Kier alpha value is -1.28. The van der Waals surface area contributed by atoms with E-state index in [1.54, 1.807) is 0 Å². The van der Waals surface area contributed by atoms with Gasteiger partial charge in [0.1, 0.15) is 5.75 Å². The van der Waals surface area contributed by atoms with E-state index in [1.165, 1.54) is 0 Å². The summed E-state index contributed by atoms with van der Waals surface area (Å²) in [6, 6.07) is 7.83. The molecule has 0 spiro atoms. The summed E-state index contributed by atoms with van der Waals surface area (Å²) in [4.78, 5) is 4.62. The van der Waals surface area contributed by atoms with Crippen LogP contribution in [0.4, 0.5) is 0 Å². The second-order valence-corrected chi connectivity index (χ2v) is 5.07. The molecule has 0 saturated carbocycles. The molecule has 1 heterocycles. The van der Waals surface area contributed by atoms with Gasteiger partial charge in [0.25, 0.3) is 0 Å². The van der Waals surface area contributed by atoms with Crippen LogP contribution in [-0.2, 0) is 6.42 Å². The van der Waals surface area contributed by atoms with Crippen molar-refractivity contribution in [2.75, 3.05) is 0 Å². The molecule has 96 valence electrons. The normalized spacial score (nSPS) is 11.2. The summed E-state index contributed by atoms with van der Waals surface area (Å²) < 4.78 is 5.87. The summed E-state index contributed by atoms with van der Waals surface area (Å²) in [5.74, 6) is 0.876. The summed E-state index contributed by atoms with van der Waals surface area (Å²) in [6.07, 6.45) is 2.14. The molecule has 1 aromatic heterocycles. The van der Waals surface area contributed by atoms with Gasteiger partial charge in [-0.25, -0.2) is 0 Å². The number of aryl methyl sites for hydroxylation is 1. The smallest absolute Gasteiger partial charge is 0.130 e. The molecule has 18 heavy (non-hydrogen) atoms. The summed E-state index contributed by atoms with van der Waals surface area (Å²) in [7, 11) is 0. The van der Waals surface area contributed by atoms with Crippen molar-refractivity contribution in [3.05, 3.63) is 35.0 Å². The molecule has 3 heteroatoms. The van der Waals surface area contributed by atoms with Crippen LogP contribution in [0, 0.1) is 0 Å². The van der Waals surface area contributed by atoms with Crippen LogP contribution in [-0.4, -0.2) is 11.1 Å². The van der Waals surface area contributed by atoms with Gasteiger partial charge in [0.15, 0.2) is 0 Å². The van der Waals surface area contributed by atoms with Gasteiger partial charge in [-0.15, -0.1) is 0 Å². The molecule has 2 aromatic rings. The van der Waals surface area contributed by atoms with Crippen LogP contribution in [0.15, 0.2) is 24.3 Å². The molecule has 0 radical (unpaired) electrons. The number of benzene rings is 1. The largest absolute Gasteiger partial charge is 0.490 e. The standard InChI is InChI=1S/C15H18ClNO/c1-4-6-11-9-14(18-10(2)3)12-7-5-8-13(16)15(12)17-11/h5,7-10H,4,6H2,1-3H3. The summed E-state index contributed by atoms with van der Waals surface area (Å²) in [6.45, 7) is 6.19. The SMILES string of the molecule is CCCc1cc(OC(C)C)c2cccc(Cl)c2n1. The third kappa shape index (κ3) is 2.75. The van der Waals surface area contributed by atoms with Crippen molar-refractivity contribution in [3.63, 3.8) is 0 Å². The minimum absolute atomic E-state index is 0.143. The van der Waals surface area contributed by atoms with Crippen molar-refractivity contribution in [2.45, 2.75) is 39.7 Å². The number of ether oxygens (including phenoxy) is 1. The molecule has 0 unspecified atom stereocenters. The van der Waals surface area contributed by atoms with Crippen LogP contribution >= 0.6 is 11.6 Å². The molecule has 0 bridgehead atoms. The fourth-order valence-electron chi connectivity index (χ4n) is 1.97. The number of pyridine rings is 1. The minimum atomic E-state index is 0.143. The number of hydrogen-bond acceptors (Lipinski definition) is 2. The van der Waals surface area contributed by atoms with Gasteiger partial charge in [-0.05, 0) is 32.4 Å². The van der Waals surface area contributed by atoms with E-state index in [4.69, 9.17) is 16.3 Å². The molecule has 2 rings (SSSR count). The molecule has 0 aliphatic carbocycles. The number of hydrogen-bond donors (Lipinski definition) is 0. The Morgan fingerprint density at radius 3 is 2.78 bits per heavy atom. The maximum Gasteiger partial charge on any atom is 0.130 e. The van der Waals surface area contributed by atoms with E-state index in [-0.39, 0.29) is 6.10 Å². The fraction of sp³-hybridized carbons (Fsp3) is 0.400. The summed E-state index contributed by atoms with van der Waals surface area (Å²) in [5, 5.41) is 1.66. The van der Waals surface area contributed by atoms with E-state index in [1.807, 2.05) is 38.1 Å². The molecule has 1 aromatic carbocycles. The van der Waals surface area contributed by atoms with Gasteiger partial charge in [0.05, 0.1) is 16.6 Å². The van der Waals surface area contributed by atoms with Gasteiger partial charge in [-0.1, -0.05) is 31.0 Å². The number of fused-ring (bicyclic) bond motifs is 1. The fourth-order valence-corrected chi connectivity index (χ4v) is 2.19. The molecule has 0 amide bonds. The average Bonchev–Trinajstić information content (AvgIpc) is 2.30. The molecule has 0 aliphatic heterocycles. The lowest BCUT2D eigenvalue weighted by Gasteiger charge is -2.14. The Bertz CT molecular complexity index is 551. The van der Waals surface area contributed by atoms with Crippen LogP contribution in [0.25, 0.3) is 10.9 Å². The van der Waals surface area contributed by atoms with Gasteiger partial charge >= 0.3 is 0 Å². The highest BCUT2D eigenvalue weighted by Crippen LogP contribution is 2.31. The number of nitrogens with zero attached hydrogens (tertiary/aromatic N) is 1. The Labute approximate surface area is 113 Å². The molecular weight excluding hydrogens is 246 g/mol. The van der Waals surface area contributed by atoms with Crippen molar-refractivity contribution in [3.8, 4) is 5.75 Å². The highest BCUT2D eigenvalue weighted by molar-refractivity contribution is 6.35. The maximum atomic E-state index is 6.22. The predicted molar refractivity (Wildman–Crippen MR) is 76.5 cm³/mol. The third-order valence-electron chi connectivity index (χ3n) is 2.67. The lowest BCUT2D eigenvalue weighted by molar-refractivity contribution is 0.245. The zero-order chi connectivity index (χ0) is 13.1. The third-order valence-corrected chi connectivity index (χ3v) is 2.98. The van der Waals surface area contributed by atoms with E-state index in [0.29, 0.717) is 5.02 Å². The van der Waals surface area contributed by atoms with E-state index in [9.17, 15) is 0 Å². The molecule has 2 nitrogen and oxygen atoms in total. The lowest BCUT2D eigenvalue weighted by atomic mass is 10.1. The Kier molecular flexibility index (Phi) is 4.07. The number of halogens is 1. The van der Waals surface area contributed by atoms with Gasteiger partial charge in [-0.3, -0.25) is 4.98 Å². The van der Waals surface area contributed by atoms with Crippen molar-refractivity contribution in [1.82, 2.24) is 4.98 Å². The van der Waals surface area contributed by atoms with Crippen molar-refractivity contribution < 1.29 is 4.74 Å². The minimum Gasteiger partial charge on any atom is -0.490 e. The van der Waals surface area contributed by atoms with Crippen LogP contribution in [0.2, 0.25) is 5.02 Å². The van der Waals surface area contributed by atoms with Crippen molar-refractivity contribution >= 4 is 22.5 Å². The van der Waals surface area contributed by atoms with Crippen LogP contribution in [0.5, 0.6) is 5.75 Å². The molecule has 0 saturated heterocycles. The van der Waals surface area contributed by atoms with E-state index in [2.05, 4.69) is 11.9 Å². The van der Waals surface area contributed by atoms with Crippen molar-refractivity contribution in [1.29, 1.82) is 0 Å². The van der Waals surface area contributed by atoms with Crippen LogP contribution in [0.3, 0.4) is 0 Å². The van der Waals surface area contributed by atoms with Gasteiger partial charge < -0.3 is 4.74 Å². The first kappa shape index (κ1) is 13.2. The first-order chi connectivity index (χ1) is 8.61. The molecular formula is C15H18ClNO. The second-order valence-electron chi connectivity index (χ2n) is 4.66. The first-order valence-corrected chi connectivity index (χ1v) is 6.74. The highest BCUT2D eigenvalue weighted by Gasteiger charge is 2.10. The van der Waals surface area contributed by atoms with Crippen LogP contribution in [0.1, 0.15) is 32.9 Å².